The largest absolute Gasteiger partial charge is 0.462 e. The zero-order valence-corrected chi connectivity index (χ0v) is 35.5. The van der Waals surface area contributed by atoms with Gasteiger partial charge in [0, 0.05) is 34.7 Å². The van der Waals surface area contributed by atoms with Gasteiger partial charge in [-0.25, -0.2) is 4.52 Å². The van der Waals surface area contributed by atoms with Crippen molar-refractivity contribution in [1.82, 2.24) is 14.9 Å². The fourth-order valence-electron chi connectivity index (χ4n) is 6.36. The maximum atomic E-state index is 14.1. The summed E-state index contributed by atoms with van der Waals surface area (Å²) < 4.78 is 25.9. The normalized spacial score (nSPS) is 18.9. The minimum Gasteiger partial charge on any atom is -0.462 e. The van der Waals surface area contributed by atoms with Crippen molar-refractivity contribution in [2.24, 2.45) is 16.2 Å². The first-order valence-corrected chi connectivity index (χ1v) is 19.9. The summed E-state index contributed by atoms with van der Waals surface area (Å²) in [5.41, 5.74) is 3.66. The van der Waals surface area contributed by atoms with Crippen molar-refractivity contribution >= 4 is 40.9 Å². The number of nitrogens with one attached hydrogen (secondary N) is 1. The van der Waals surface area contributed by atoms with E-state index < -0.39 is 58.7 Å². The zero-order valence-electron chi connectivity index (χ0n) is 34.7. The van der Waals surface area contributed by atoms with Crippen molar-refractivity contribution in [1.29, 1.82) is 0 Å². The minimum atomic E-state index is -1.15. The summed E-state index contributed by atoms with van der Waals surface area (Å²) in [4.78, 5) is 53.4. The van der Waals surface area contributed by atoms with Crippen LogP contribution in [0.4, 0.5) is 0 Å². The number of hydrogen-bond donors (Lipinski definition) is 1. The summed E-state index contributed by atoms with van der Waals surface area (Å²) in [5.74, 6) is -1.88. The second-order valence-electron chi connectivity index (χ2n) is 17.7. The first kappa shape index (κ1) is 43.4. The van der Waals surface area contributed by atoms with Crippen molar-refractivity contribution in [3.05, 3.63) is 83.0 Å². The van der Waals surface area contributed by atoms with E-state index in [1.165, 1.54) is 0 Å². The van der Waals surface area contributed by atoms with Crippen molar-refractivity contribution in [2.45, 2.75) is 119 Å². The van der Waals surface area contributed by atoms with Gasteiger partial charge in [0.05, 0.1) is 27.5 Å². The van der Waals surface area contributed by atoms with Gasteiger partial charge in [0.15, 0.2) is 6.23 Å². The number of aryl methyl sites for hydroxylation is 1. The van der Waals surface area contributed by atoms with Crippen molar-refractivity contribution in [2.75, 3.05) is 6.61 Å². The molecule has 0 radical (unpaired) electrons. The van der Waals surface area contributed by atoms with Gasteiger partial charge in [-0.05, 0) is 111 Å². The lowest BCUT2D eigenvalue weighted by molar-refractivity contribution is -0.224. The molecule has 306 valence electrons. The lowest BCUT2D eigenvalue weighted by atomic mass is 9.92. The van der Waals surface area contributed by atoms with Gasteiger partial charge in [-0.15, -0.1) is 0 Å². The van der Waals surface area contributed by atoms with Crippen LogP contribution in [0.3, 0.4) is 0 Å². The number of rotatable bonds is 11. The van der Waals surface area contributed by atoms with Crippen LogP contribution in [-0.4, -0.2) is 64.6 Å². The number of esters is 3. The maximum Gasteiger partial charge on any atom is 0.311 e. The quantitative estimate of drug-likeness (QED) is 0.117. The molecule has 12 heteroatoms. The number of halogens is 1. The number of carbonyl (C=O) groups is 4. The first-order valence-electron chi connectivity index (χ1n) is 19.6. The molecule has 1 amide bonds. The smallest absolute Gasteiger partial charge is 0.311 e. The molecule has 0 bridgehead atoms. The molecular weight excluding hydrogens is 746 g/mol. The van der Waals surface area contributed by atoms with Crippen LogP contribution in [0.2, 0.25) is 5.02 Å². The van der Waals surface area contributed by atoms with E-state index >= 15 is 0 Å². The first-order chi connectivity index (χ1) is 26.7. The van der Waals surface area contributed by atoms with E-state index in [1.807, 2.05) is 65.2 Å². The Bertz CT molecular complexity index is 2090. The monoisotopic (exact) mass is 801 g/mol. The second-order valence-corrected chi connectivity index (χ2v) is 18.1. The molecule has 1 fully saturated rings. The van der Waals surface area contributed by atoms with Crippen molar-refractivity contribution < 1.29 is 38.1 Å². The zero-order chi connectivity index (χ0) is 41.9. The topological polar surface area (TPSA) is 135 Å². The summed E-state index contributed by atoms with van der Waals surface area (Å²) in [6, 6.07) is 21.6. The number of hydrogen-bond acceptors (Lipinski definition) is 9. The van der Waals surface area contributed by atoms with E-state index in [4.69, 9.17) is 35.6 Å². The highest BCUT2D eigenvalue weighted by Gasteiger charge is 2.45. The molecule has 1 N–H and O–H groups in total. The summed E-state index contributed by atoms with van der Waals surface area (Å²) in [7, 11) is 0. The summed E-state index contributed by atoms with van der Waals surface area (Å²) in [6.07, 6.45) is -3.03. The fraction of sp³-hybridized carbons (Fsp3) is 0.489. The highest BCUT2D eigenvalue weighted by atomic mass is 35.5. The highest BCUT2D eigenvalue weighted by Crippen LogP contribution is 2.37. The SMILES string of the molecule is CCc1ccc2c(-c3cccc(Cl)c3)c(CCC(=O)N[C@@H]3O[C@H](COC(=O)C(C)(C)C)[C@@H](OC(=O)C(C)(C)C)C[C@H]3OC(=O)C(C)(C)C)c(-c3ccccc3)nn12. The van der Waals surface area contributed by atoms with E-state index in [2.05, 4.69) is 18.3 Å². The number of benzene rings is 2. The van der Waals surface area contributed by atoms with Gasteiger partial charge in [0.1, 0.15) is 24.9 Å². The molecule has 0 unspecified atom stereocenters. The van der Waals surface area contributed by atoms with E-state index in [0.717, 1.165) is 45.6 Å². The molecule has 4 atom stereocenters. The Kier molecular flexibility index (Phi) is 13.2. The summed E-state index contributed by atoms with van der Waals surface area (Å²) in [6.45, 7) is 17.4. The molecule has 1 aliphatic rings. The molecule has 5 rings (SSSR count). The Morgan fingerprint density at radius 2 is 1.42 bits per heavy atom. The van der Waals surface area contributed by atoms with Crippen LogP contribution in [0.5, 0.6) is 0 Å². The van der Waals surface area contributed by atoms with Crippen LogP contribution in [0.25, 0.3) is 27.9 Å². The second kappa shape index (κ2) is 17.4. The van der Waals surface area contributed by atoms with Gasteiger partial charge in [0.2, 0.25) is 5.91 Å². The fourth-order valence-corrected chi connectivity index (χ4v) is 6.55. The number of fused-ring (bicyclic) bond motifs is 1. The van der Waals surface area contributed by atoms with Crippen LogP contribution in [0.15, 0.2) is 66.7 Å². The van der Waals surface area contributed by atoms with E-state index in [-0.39, 0.29) is 31.8 Å². The molecule has 57 heavy (non-hydrogen) atoms. The van der Waals surface area contributed by atoms with Gasteiger partial charge in [-0.1, -0.05) is 61.0 Å². The molecule has 0 spiro atoms. The third-order valence-corrected chi connectivity index (χ3v) is 9.91. The van der Waals surface area contributed by atoms with E-state index in [9.17, 15) is 19.2 Å². The Morgan fingerprint density at radius 1 is 0.807 bits per heavy atom. The standard InChI is InChI=1S/C45H56ClN3O8/c1-11-30-20-22-32-37(28-18-15-19-29(46)24-28)31(38(48-49(30)32)27-16-13-12-14-17-27)21-23-36(50)47-39-34(57-42(53)45(8,9)10)25-33(56-41(52)44(5,6)7)35(55-39)26-54-40(51)43(2,3)4/h12-20,22,24,33-35,39H,11,21,23,25-26H2,1-10H3,(H,47,50)/t33-,34+,35+,39+/m0/s1. The molecular formula is C45H56ClN3O8. The average Bonchev–Trinajstić information content (AvgIpc) is 3.55. The predicted octanol–water partition coefficient (Wildman–Crippen LogP) is 8.55. The van der Waals surface area contributed by atoms with E-state index in [0.29, 0.717) is 5.02 Å². The van der Waals surface area contributed by atoms with Crippen molar-refractivity contribution in [3.63, 3.8) is 0 Å². The molecule has 1 saturated heterocycles. The average molecular weight is 802 g/mol. The number of carbonyl (C=O) groups excluding carboxylic acids is 4. The van der Waals surface area contributed by atoms with Gasteiger partial charge in [0.25, 0.3) is 0 Å². The molecule has 2 aromatic heterocycles. The number of nitrogens with zero attached hydrogens (tertiary/aromatic N) is 2. The predicted molar refractivity (Wildman–Crippen MR) is 219 cm³/mol. The number of aromatic nitrogens is 2. The van der Waals surface area contributed by atoms with Gasteiger partial charge in [-0.3, -0.25) is 19.2 Å². The van der Waals surface area contributed by atoms with Gasteiger partial charge >= 0.3 is 17.9 Å². The molecule has 2 aromatic carbocycles. The maximum absolute atomic E-state index is 14.1. The highest BCUT2D eigenvalue weighted by molar-refractivity contribution is 6.30. The third kappa shape index (κ3) is 10.6. The molecule has 0 saturated carbocycles. The lowest BCUT2D eigenvalue weighted by Gasteiger charge is -2.41. The molecule has 0 aliphatic carbocycles. The Hall–Kier alpha value is -4.74. The molecule has 3 heterocycles. The molecule has 11 nitrogen and oxygen atoms in total. The minimum absolute atomic E-state index is 0.00203. The van der Waals surface area contributed by atoms with Gasteiger partial charge in [-0.2, -0.15) is 5.10 Å². The summed E-state index contributed by atoms with van der Waals surface area (Å²) >= 11 is 6.54. The number of ether oxygens (including phenoxy) is 4. The Labute approximate surface area is 340 Å². The van der Waals surface area contributed by atoms with Crippen LogP contribution in [0, 0.1) is 16.2 Å². The van der Waals surface area contributed by atoms with Crippen LogP contribution >= 0.6 is 11.6 Å². The van der Waals surface area contributed by atoms with Gasteiger partial charge < -0.3 is 24.3 Å². The third-order valence-electron chi connectivity index (χ3n) is 9.68. The number of amides is 1. The van der Waals surface area contributed by atoms with Crippen LogP contribution < -0.4 is 5.32 Å². The molecule has 4 aromatic rings. The Balaban J connectivity index is 1.50. The Morgan fingerprint density at radius 3 is 2.02 bits per heavy atom. The summed E-state index contributed by atoms with van der Waals surface area (Å²) in [5, 5.41) is 8.68. The van der Waals surface area contributed by atoms with E-state index in [1.54, 1.807) is 62.3 Å². The van der Waals surface area contributed by atoms with Crippen LogP contribution in [-0.2, 0) is 51.0 Å². The van der Waals surface area contributed by atoms with Crippen LogP contribution in [0.1, 0.15) is 93.3 Å². The molecule has 1 aliphatic heterocycles. The lowest BCUT2D eigenvalue weighted by Crippen LogP contribution is -2.59. The van der Waals surface area contributed by atoms with Crippen molar-refractivity contribution in [3.8, 4) is 22.4 Å².